The van der Waals surface area contributed by atoms with Gasteiger partial charge in [0.2, 0.25) is 0 Å². The molecule has 1 aromatic rings. The fourth-order valence-electron chi connectivity index (χ4n) is 1.43. The van der Waals surface area contributed by atoms with Crippen molar-refractivity contribution in [2.75, 3.05) is 0 Å². The molecule has 1 unspecified atom stereocenters. The lowest BCUT2D eigenvalue weighted by Crippen LogP contribution is -2.22. The Kier molecular flexibility index (Phi) is 5.51. The van der Waals surface area contributed by atoms with Crippen LogP contribution in [0.25, 0.3) is 0 Å². The van der Waals surface area contributed by atoms with Gasteiger partial charge in [-0.2, -0.15) is 5.26 Å². The summed E-state index contributed by atoms with van der Waals surface area (Å²) in [6.07, 6.45) is 0.331. The van der Waals surface area contributed by atoms with Gasteiger partial charge < -0.3 is 10.1 Å². The van der Waals surface area contributed by atoms with Crippen LogP contribution in [0.3, 0.4) is 0 Å². The lowest BCUT2D eigenvalue weighted by molar-refractivity contribution is 0.248. The number of nitrogens with zero attached hydrogens (tertiary/aromatic N) is 1. The zero-order chi connectivity index (χ0) is 12.7. The first-order chi connectivity index (χ1) is 8.17. The maximum atomic E-state index is 8.91. The highest BCUT2D eigenvalue weighted by molar-refractivity contribution is 5.33. The summed E-state index contributed by atoms with van der Waals surface area (Å²) in [4.78, 5) is 0. The van der Waals surface area contributed by atoms with Gasteiger partial charge in [-0.3, -0.25) is 0 Å². The van der Waals surface area contributed by atoms with E-state index in [1.807, 2.05) is 31.2 Å². The van der Waals surface area contributed by atoms with Gasteiger partial charge in [-0.1, -0.05) is 39.0 Å². The molecule has 92 valence electrons. The van der Waals surface area contributed by atoms with Gasteiger partial charge in [0, 0.05) is 18.2 Å². The molecule has 0 aliphatic rings. The molecule has 3 nitrogen and oxygen atoms in total. The molecule has 0 fully saturated rings. The molecule has 0 aliphatic heterocycles. The Morgan fingerprint density at radius 2 is 2.06 bits per heavy atom. The van der Waals surface area contributed by atoms with Crippen LogP contribution in [0.4, 0.5) is 0 Å². The second-order valence-electron chi connectivity index (χ2n) is 4.29. The topological polar surface area (TPSA) is 45.0 Å². The minimum absolute atomic E-state index is 0.366. The first kappa shape index (κ1) is 13.5. The zero-order valence-corrected chi connectivity index (χ0v) is 10.7. The molecule has 1 aromatic carbocycles. The molecule has 1 rings (SSSR count). The van der Waals surface area contributed by atoms with Gasteiger partial charge in [-0.15, -0.1) is 0 Å². The largest absolute Gasteiger partial charge is 0.475 e. The van der Waals surface area contributed by atoms with Crippen LogP contribution in [-0.2, 0) is 6.54 Å². The van der Waals surface area contributed by atoms with E-state index >= 15 is 0 Å². The minimum Gasteiger partial charge on any atom is -0.475 e. The Balaban J connectivity index is 2.74. The van der Waals surface area contributed by atoms with Crippen molar-refractivity contribution in [2.24, 2.45) is 0 Å². The number of rotatable bonds is 6. The molecule has 17 heavy (non-hydrogen) atoms. The average Bonchev–Trinajstić information content (AvgIpc) is 2.34. The Bertz CT molecular complexity index is 382. The van der Waals surface area contributed by atoms with Crippen molar-refractivity contribution in [1.82, 2.24) is 5.32 Å². The van der Waals surface area contributed by atoms with E-state index in [2.05, 4.69) is 25.2 Å². The second kappa shape index (κ2) is 6.93. The summed E-state index contributed by atoms with van der Waals surface area (Å²) in [5, 5.41) is 12.3. The quantitative estimate of drug-likeness (QED) is 0.820. The van der Waals surface area contributed by atoms with Crippen LogP contribution >= 0.6 is 0 Å². The molecule has 0 saturated heterocycles. The minimum atomic E-state index is -0.366. The summed E-state index contributed by atoms with van der Waals surface area (Å²) in [6.45, 7) is 6.92. The van der Waals surface area contributed by atoms with Gasteiger partial charge in [-0.05, 0) is 12.5 Å². The third-order valence-electron chi connectivity index (χ3n) is 2.46. The normalized spacial score (nSPS) is 12.2. The van der Waals surface area contributed by atoms with Crippen LogP contribution in [0.15, 0.2) is 24.3 Å². The smallest absolute Gasteiger partial charge is 0.184 e. The average molecular weight is 232 g/mol. The molecule has 3 heteroatoms. The van der Waals surface area contributed by atoms with E-state index in [1.54, 1.807) is 0 Å². The molecule has 0 aromatic heterocycles. The van der Waals surface area contributed by atoms with Gasteiger partial charge in [0.15, 0.2) is 6.10 Å². The SMILES string of the molecule is CCC(C#N)Oc1ccccc1CNC(C)C. The van der Waals surface area contributed by atoms with Crippen LogP contribution < -0.4 is 10.1 Å². The van der Waals surface area contributed by atoms with Crippen molar-refractivity contribution in [2.45, 2.75) is 45.9 Å². The number of ether oxygens (including phenoxy) is 1. The van der Waals surface area contributed by atoms with E-state index < -0.39 is 0 Å². The van der Waals surface area contributed by atoms with Crippen LogP contribution in [0.5, 0.6) is 5.75 Å². The Hall–Kier alpha value is -1.53. The number of para-hydroxylation sites is 1. The standard InChI is InChI=1S/C14H20N2O/c1-4-13(9-15)17-14-8-6-5-7-12(14)10-16-11(2)3/h5-8,11,13,16H,4,10H2,1-3H3. The third kappa shape index (κ3) is 4.46. The maximum Gasteiger partial charge on any atom is 0.184 e. The highest BCUT2D eigenvalue weighted by Crippen LogP contribution is 2.20. The number of hydrogen-bond acceptors (Lipinski definition) is 3. The molecular formula is C14H20N2O. The van der Waals surface area contributed by atoms with Gasteiger partial charge in [0.25, 0.3) is 0 Å². The van der Waals surface area contributed by atoms with Gasteiger partial charge in [0.05, 0.1) is 0 Å². The number of nitrogens with one attached hydrogen (secondary N) is 1. The fourth-order valence-corrected chi connectivity index (χ4v) is 1.43. The van der Waals surface area contributed by atoms with Crippen LogP contribution in [-0.4, -0.2) is 12.1 Å². The molecule has 0 amide bonds. The van der Waals surface area contributed by atoms with E-state index in [-0.39, 0.29) is 6.10 Å². The van der Waals surface area contributed by atoms with Gasteiger partial charge >= 0.3 is 0 Å². The number of hydrogen-bond donors (Lipinski definition) is 1. The lowest BCUT2D eigenvalue weighted by Gasteiger charge is -2.15. The van der Waals surface area contributed by atoms with Crippen molar-refractivity contribution in [1.29, 1.82) is 5.26 Å². The highest BCUT2D eigenvalue weighted by Gasteiger charge is 2.09. The first-order valence-electron chi connectivity index (χ1n) is 6.05. The fraction of sp³-hybridized carbons (Fsp3) is 0.500. The van der Waals surface area contributed by atoms with Crippen LogP contribution in [0.2, 0.25) is 0 Å². The van der Waals surface area contributed by atoms with E-state index in [0.717, 1.165) is 17.9 Å². The summed E-state index contributed by atoms with van der Waals surface area (Å²) in [5.74, 6) is 0.800. The van der Waals surface area contributed by atoms with Crippen molar-refractivity contribution >= 4 is 0 Å². The second-order valence-corrected chi connectivity index (χ2v) is 4.29. The van der Waals surface area contributed by atoms with Crippen molar-refractivity contribution < 1.29 is 4.74 Å². The van der Waals surface area contributed by atoms with Gasteiger partial charge in [0.1, 0.15) is 11.8 Å². The van der Waals surface area contributed by atoms with E-state index in [0.29, 0.717) is 12.5 Å². The Labute approximate surface area is 103 Å². The molecule has 0 spiro atoms. The van der Waals surface area contributed by atoms with E-state index in [1.165, 1.54) is 0 Å². The number of nitriles is 1. The lowest BCUT2D eigenvalue weighted by atomic mass is 10.2. The van der Waals surface area contributed by atoms with Gasteiger partial charge in [-0.25, -0.2) is 0 Å². The van der Waals surface area contributed by atoms with Crippen LogP contribution in [0.1, 0.15) is 32.8 Å². The summed E-state index contributed by atoms with van der Waals surface area (Å²) >= 11 is 0. The first-order valence-corrected chi connectivity index (χ1v) is 6.05. The molecular weight excluding hydrogens is 212 g/mol. The molecule has 0 bridgehead atoms. The molecule has 0 saturated carbocycles. The molecule has 0 radical (unpaired) electrons. The van der Waals surface area contributed by atoms with Crippen LogP contribution in [0, 0.1) is 11.3 Å². The molecule has 0 heterocycles. The Morgan fingerprint density at radius 1 is 1.35 bits per heavy atom. The zero-order valence-electron chi connectivity index (χ0n) is 10.7. The monoisotopic (exact) mass is 232 g/mol. The van der Waals surface area contributed by atoms with Crippen molar-refractivity contribution in [3.05, 3.63) is 29.8 Å². The molecule has 1 N–H and O–H groups in total. The summed E-state index contributed by atoms with van der Waals surface area (Å²) in [5.41, 5.74) is 1.09. The van der Waals surface area contributed by atoms with E-state index in [9.17, 15) is 0 Å². The van der Waals surface area contributed by atoms with E-state index in [4.69, 9.17) is 10.00 Å². The highest BCUT2D eigenvalue weighted by atomic mass is 16.5. The molecule has 1 atom stereocenters. The molecule has 0 aliphatic carbocycles. The van der Waals surface area contributed by atoms with Crippen molar-refractivity contribution in [3.8, 4) is 11.8 Å². The number of benzene rings is 1. The summed E-state index contributed by atoms with van der Waals surface area (Å²) < 4.78 is 5.68. The Morgan fingerprint density at radius 3 is 2.65 bits per heavy atom. The maximum absolute atomic E-state index is 8.91. The third-order valence-corrected chi connectivity index (χ3v) is 2.46. The van der Waals surface area contributed by atoms with Crippen molar-refractivity contribution in [3.63, 3.8) is 0 Å². The predicted octanol–water partition coefficient (Wildman–Crippen LogP) is 2.87. The summed E-state index contributed by atoms with van der Waals surface area (Å²) in [6, 6.07) is 10.4. The summed E-state index contributed by atoms with van der Waals surface area (Å²) in [7, 11) is 0. The predicted molar refractivity (Wildman–Crippen MR) is 68.7 cm³/mol.